The summed E-state index contributed by atoms with van der Waals surface area (Å²) in [4.78, 5) is 12.0. The molecule has 0 saturated heterocycles. The maximum atomic E-state index is 12.0. The van der Waals surface area contributed by atoms with Gasteiger partial charge in [0.25, 0.3) is 0 Å². The van der Waals surface area contributed by atoms with Crippen molar-refractivity contribution in [2.45, 2.75) is 43.7 Å². The molecule has 0 aliphatic heterocycles. The molecule has 2 amide bonds. The summed E-state index contributed by atoms with van der Waals surface area (Å²) in [5, 5.41) is 15.9. The van der Waals surface area contributed by atoms with Crippen molar-refractivity contribution < 1.29 is 19.1 Å². The van der Waals surface area contributed by atoms with Gasteiger partial charge < -0.3 is 24.9 Å². The number of furan rings is 1. The summed E-state index contributed by atoms with van der Waals surface area (Å²) in [6.45, 7) is 0.599. The Labute approximate surface area is 124 Å². The molecule has 0 spiro atoms. The van der Waals surface area contributed by atoms with Gasteiger partial charge in [0, 0.05) is 13.7 Å². The Morgan fingerprint density at radius 3 is 2.86 bits per heavy atom. The monoisotopic (exact) mass is 296 g/mol. The fourth-order valence-electron chi connectivity index (χ4n) is 2.69. The van der Waals surface area contributed by atoms with E-state index in [-0.39, 0.29) is 18.6 Å². The molecular formula is C15H24N2O4. The minimum absolute atomic E-state index is 0.274. The largest absolute Gasteiger partial charge is 0.467 e. The highest BCUT2D eigenvalue weighted by molar-refractivity contribution is 5.74. The fourth-order valence-corrected chi connectivity index (χ4v) is 2.69. The third-order valence-electron chi connectivity index (χ3n) is 3.89. The van der Waals surface area contributed by atoms with Gasteiger partial charge in [-0.15, -0.1) is 0 Å². The van der Waals surface area contributed by atoms with E-state index in [2.05, 4.69) is 10.6 Å². The van der Waals surface area contributed by atoms with Crippen molar-refractivity contribution in [3.63, 3.8) is 0 Å². The first-order valence-electron chi connectivity index (χ1n) is 7.42. The number of ether oxygens (including phenoxy) is 1. The number of carbonyl (C=O) groups excluding carboxylic acids is 1. The predicted molar refractivity (Wildman–Crippen MR) is 77.9 cm³/mol. The highest BCUT2D eigenvalue weighted by atomic mass is 16.5. The number of hydrogen-bond donors (Lipinski definition) is 3. The molecule has 1 aromatic heterocycles. The summed E-state index contributed by atoms with van der Waals surface area (Å²) in [5.74, 6) is 0.642. The zero-order valence-electron chi connectivity index (χ0n) is 12.4. The Balaban J connectivity index is 1.82. The van der Waals surface area contributed by atoms with Gasteiger partial charge in [-0.1, -0.05) is 19.3 Å². The molecule has 6 nitrogen and oxygen atoms in total. The summed E-state index contributed by atoms with van der Waals surface area (Å²) >= 11 is 0. The van der Waals surface area contributed by atoms with Crippen LogP contribution in [0.1, 0.15) is 43.9 Å². The summed E-state index contributed by atoms with van der Waals surface area (Å²) in [6, 6.07) is 2.89. The molecule has 1 aromatic rings. The average molecular weight is 296 g/mol. The number of rotatable bonds is 6. The van der Waals surface area contributed by atoms with Crippen LogP contribution in [0.25, 0.3) is 0 Å². The van der Waals surface area contributed by atoms with Crippen LogP contribution in [0.3, 0.4) is 0 Å². The molecule has 1 saturated carbocycles. The fraction of sp³-hybridized carbons (Fsp3) is 0.667. The number of urea groups is 1. The van der Waals surface area contributed by atoms with Crippen LogP contribution >= 0.6 is 0 Å². The van der Waals surface area contributed by atoms with Crippen molar-refractivity contribution in [2.75, 3.05) is 20.3 Å². The van der Waals surface area contributed by atoms with Gasteiger partial charge >= 0.3 is 6.03 Å². The second kappa shape index (κ2) is 7.47. The summed E-state index contributed by atoms with van der Waals surface area (Å²) < 4.78 is 10.4. The third kappa shape index (κ3) is 4.75. The molecule has 3 N–H and O–H groups in total. The molecule has 21 heavy (non-hydrogen) atoms. The number of aliphatic hydroxyl groups is 1. The molecule has 1 fully saturated rings. The Kier molecular flexibility index (Phi) is 5.64. The maximum Gasteiger partial charge on any atom is 0.315 e. The summed E-state index contributed by atoms with van der Waals surface area (Å²) in [5.41, 5.74) is -0.767. The number of hydrogen-bond acceptors (Lipinski definition) is 4. The predicted octanol–water partition coefficient (Wildman–Crippen LogP) is 1.96. The number of amides is 2. The molecule has 1 atom stereocenters. The quantitative estimate of drug-likeness (QED) is 0.749. The van der Waals surface area contributed by atoms with E-state index >= 15 is 0 Å². The van der Waals surface area contributed by atoms with Crippen molar-refractivity contribution in [3.8, 4) is 0 Å². The lowest BCUT2D eigenvalue weighted by atomic mass is 9.85. The SMILES string of the molecule is COCC(NC(=O)NCC1(O)CCCCC1)c1ccco1. The summed E-state index contributed by atoms with van der Waals surface area (Å²) in [6.07, 6.45) is 6.22. The molecule has 1 aliphatic rings. The van der Waals surface area contributed by atoms with E-state index < -0.39 is 5.60 Å². The third-order valence-corrected chi connectivity index (χ3v) is 3.89. The normalized spacial score (nSPS) is 19.0. The molecule has 2 rings (SSSR count). The van der Waals surface area contributed by atoms with Gasteiger partial charge in [-0.05, 0) is 25.0 Å². The second-order valence-electron chi connectivity index (χ2n) is 5.64. The van der Waals surface area contributed by atoms with E-state index in [9.17, 15) is 9.90 Å². The van der Waals surface area contributed by atoms with Gasteiger partial charge in [0.05, 0.1) is 18.5 Å². The van der Waals surface area contributed by atoms with Crippen LogP contribution in [0.5, 0.6) is 0 Å². The van der Waals surface area contributed by atoms with Crippen molar-refractivity contribution in [1.82, 2.24) is 10.6 Å². The van der Waals surface area contributed by atoms with Gasteiger partial charge in [0.15, 0.2) is 0 Å². The van der Waals surface area contributed by atoms with E-state index in [1.807, 2.05) is 0 Å². The van der Waals surface area contributed by atoms with Crippen LogP contribution < -0.4 is 10.6 Å². The van der Waals surface area contributed by atoms with Gasteiger partial charge in [-0.3, -0.25) is 0 Å². The Morgan fingerprint density at radius 2 is 2.24 bits per heavy atom. The van der Waals surface area contributed by atoms with Gasteiger partial charge in [0.2, 0.25) is 0 Å². The lowest BCUT2D eigenvalue weighted by molar-refractivity contribution is 0.00703. The highest BCUT2D eigenvalue weighted by Crippen LogP contribution is 2.27. The van der Waals surface area contributed by atoms with Crippen LogP contribution in [-0.4, -0.2) is 37.0 Å². The van der Waals surface area contributed by atoms with E-state index in [1.165, 1.54) is 0 Å². The van der Waals surface area contributed by atoms with Crippen molar-refractivity contribution in [2.24, 2.45) is 0 Å². The molecule has 1 aliphatic carbocycles. The van der Waals surface area contributed by atoms with E-state index in [0.717, 1.165) is 32.1 Å². The van der Waals surface area contributed by atoms with Crippen molar-refractivity contribution in [3.05, 3.63) is 24.2 Å². The zero-order chi connectivity index (χ0) is 15.1. The molecule has 0 bridgehead atoms. The Hall–Kier alpha value is -1.53. The number of carbonyl (C=O) groups is 1. The highest BCUT2D eigenvalue weighted by Gasteiger charge is 2.29. The van der Waals surface area contributed by atoms with E-state index in [1.54, 1.807) is 25.5 Å². The Morgan fingerprint density at radius 1 is 1.48 bits per heavy atom. The minimum atomic E-state index is -0.767. The first-order valence-corrected chi connectivity index (χ1v) is 7.42. The van der Waals surface area contributed by atoms with E-state index in [4.69, 9.17) is 9.15 Å². The Bertz CT molecular complexity index is 427. The first kappa shape index (κ1) is 15.9. The molecule has 118 valence electrons. The topological polar surface area (TPSA) is 83.7 Å². The number of methoxy groups -OCH3 is 1. The molecule has 1 heterocycles. The van der Waals surface area contributed by atoms with E-state index in [0.29, 0.717) is 12.4 Å². The zero-order valence-corrected chi connectivity index (χ0v) is 12.4. The van der Waals surface area contributed by atoms with Crippen LogP contribution in [0.2, 0.25) is 0 Å². The molecule has 1 unspecified atom stereocenters. The van der Waals surface area contributed by atoms with Crippen LogP contribution in [-0.2, 0) is 4.74 Å². The van der Waals surface area contributed by atoms with Gasteiger partial charge in [0.1, 0.15) is 11.8 Å². The van der Waals surface area contributed by atoms with Crippen LogP contribution in [0, 0.1) is 0 Å². The standard InChI is InChI=1S/C15H24N2O4/c1-20-10-12(13-6-5-9-21-13)17-14(18)16-11-15(19)7-3-2-4-8-15/h5-6,9,12,19H,2-4,7-8,10-11H2,1H3,(H2,16,17,18). The first-order chi connectivity index (χ1) is 10.1. The van der Waals surface area contributed by atoms with Crippen molar-refractivity contribution in [1.29, 1.82) is 0 Å². The van der Waals surface area contributed by atoms with Crippen molar-refractivity contribution >= 4 is 6.03 Å². The lowest BCUT2D eigenvalue weighted by Gasteiger charge is -2.32. The minimum Gasteiger partial charge on any atom is -0.467 e. The molecule has 0 aromatic carbocycles. The molecule has 6 heteroatoms. The second-order valence-corrected chi connectivity index (χ2v) is 5.64. The number of nitrogens with one attached hydrogen (secondary N) is 2. The molecular weight excluding hydrogens is 272 g/mol. The average Bonchev–Trinajstić information content (AvgIpc) is 3.00. The van der Waals surface area contributed by atoms with Gasteiger partial charge in [-0.2, -0.15) is 0 Å². The smallest absolute Gasteiger partial charge is 0.315 e. The van der Waals surface area contributed by atoms with Gasteiger partial charge in [-0.25, -0.2) is 4.79 Å². The maximum absolute atomic E-state index is 12.0. The molecule has 0 radical (unpaired) electrons. The van der Waals surface area contributed by atoms with Crippen LogP contribution in [0.15, 0.2) is 22.8 Å². The lowest BCUT2D eigenvalue weighted by Crippen LogP contribution is -2.48. The van der Waals surface area contributed by atoms with Crippen LogP contribution in [0.4, 0.5) is 4.79 Å². The summed E-state index contributed by atoms with van der Waals surface area (Å²) in [7, 11) is 1.57.